The number of aromatic nitrogens is 2. The molecule has 2 fully saturated rings. The van der Waals surface area contributed by atoms with Gasteiger partial charge >= 0.3 is 12.0 Å². The molecule has 1 N–H and O–H groups in total. The highest BCUT2D eigenvalue weighted by Crippen LogP contribution is 2.30. The highest BCUT2D eigenvalue weighted by atomic mass is 16.5. The average Bonchev–Trinajstić information content (AvgIpc) is 3.38. The van der Waals surface area contributed by atoms with Crippen molar-refractivity contribution in [3.8, 4) is 0 Å². The number of ether oxygens (including phenoxy) is 2. The summed E-state index contributed by atoms with van der Waals surface area (Å²) in [5, 5.41) is 6.58. The molecule has 1 aromatic rings. The number of rotatable bonds is 8. The monoisotopic (exact) mass is 366 g/mol. The number of hydrogen-bond donors (Lipinski definition) is 1. The fourth-order valence-corrected chi connectivity index (χ4v) is 2.96. The normalized spacial score (nSPS) is 20.0. The SMILES string of the molecule is COC(=O)CNC(=O)N1CCCCC1c1nc(CCOCC2CC2)no1. The fourth-order valence-electron chi connectivity index (χ4n) is 2.96. The van der Waals surface area contributed by atoms with Gasteiger partial charge in [-0.25, -0.2) is 4.79 Å². The Balaban J connectivity index is 1.53. The van der Waals surface area contributed by atoms with Crippen LogP contribution in [0.4, 0.5) is 4.79 Å². The van der Waals surface area contributed by atoms with Crippen LogP contribution in [0.1, 0.15) is 49.9 Å². The number of likely N-dealkylation sites (tertiary alicyclic amines) is 1. The molecule has 2 heterocycles. The van der Waals surface area contributed by atoms with Gasteiger partial charge in [0.25, 0.3) is 0 Å². The molecule has 1 aromatic heterocycles. The lowest BCUT2D eigenvalue weighted by Gasteiger charge is -2.33. The summed E-state index contributed by atoms with van der Waals surface area (Å²) < 4.78 is 15.5. The number of carbonyl (C=O) groups is 2. The number of hydrogen-bond acceptors (Lipinski definition) is 7. The smallest absolute Gasteiger partial charge is 0.325 e. The first-order valence-corrected chi connectivity index (χ1v) is 9.19. The minimum absolute atomic E-state index is 0.161. The zero-order valence-electron chi connectivity index (χ0n) is 15.1. The van der Waals surface area contributed by atoms with Gasteiger partial charge in [-0.2, -0.15) is 4.98 Å². The van der Waals surface area contributed by atoms with Crippen LogP contribution in [0.2, 0.25) is 0 Å². The van der Waals surface area contributed by atoms with Gasteiger partial charge < -0.3 is 24.2 Å². The highest BCUT2D eigenvalue weighted by Gasteiger charge is 2.32. The summed E-state index contributed by atoms with van der Waals surface area (Å²) in [5.41, 5.74) is 0. The molecule has 0 bridgehead atoms. The molecule has 1 unspecified atom stereocenters. The molecule has 2 aliphatic rings. The van der Waals surface area contributed by atoms with E-state index in [1.165, 1.54) is 20.0 Å². The largest absolute Gasteiger partial charge is 0.468 e. The Labute approximate surface area is 152 Å². The van der Waals surface area contributed by atoms with Gasteiger partial charge in [-0.3, -0.25) is 4.79 Å². The number of carbonyl (C=O) groups excluding carboxylic acids is 2. The van der Waals surface area contributed by atoms with Crippen molar-refractivity contribution in [2.24, 2.45) is 5.92 Å². The molecule has 1 saturated carbocycles. The maximum absolute atomic E-state index is 12.4. The second-order valence-corrected chi connectivity index (χ2v) is 6.76. The van der Waals surface area contributed by atoms with E-state index < -0.39 is 5.97 Å². The number of nitrogens with one attached hydrogen (secondary N) is 1. The Hall–Kier alpha value is -2.16. The van der Waals surface area contributed by atoms with Crippen molar-refractivity contribution in [1.82, 2.24) is 20.4 Å². The van der Waals surface area contributed by atoms with Crippen LogP contribution in [0.15, 0.2) is 4.52 Å². The molecule has 9 heteroatoms. The molecule has 26 heavy (non-hydrogen) atoms. The predicted molar refractivity (Wildman–Crippen MR) is 90.3 cm³/mol. The van der Waals surface area contributed by atoms with Gasteiger partial charge in [0, 0.05) is 19.6 Å². The number of esters is 1. The van der Waals surface area contributed by atoms with Crippen LogP contribution in [-0.4, -0.2) is 60.5 Å². The molecule has 1 aliphatic carbocycles. The topological polar surface area (TPSA) is 107 Å². The van der Waals surface area contributed by atoms with Crippen LogP contribution in [-0.2, 0) is 20.7 Å². The minimum Gasteiger partial charge on any atom is -0.468 e. The molecule has 9 nitrogen and oxygen atoms in total. The van der Waals surface area contributed by atoms with E-state index in [1.807, 2.05) is 0 Å². The van der Waals surface area contributed by atoms with Gasteiger partial charge in [0.15, 0.2) is 5.82 Å². The molecule has 144 valence electrons. The Morgan fingerprint density at radius 2 is 2.15 bits per heavy atom. The molecule has 1 aliphatic heterocycles. The van der Waals surface area contributed by atoms with E-state index in [-0.39, 0.29) is 18.6 Å². The maximum atomic E-state index is 12.4. The van der Waals surface area contributed by atoms with Crippen LogP contribution >= 0.6 is 0 Å². The Kier molecular flexibility index (Phi) is 6.43. The zero-order valence-corrected chi connectivity index (χ0v) is 15.1. The van der Waals surface area contributed by atoms with Crippen LogP contribution < -0.4 is 5.32 Å². The third-order valence-corrected chi connectivity index (χ3v) is 4.66. The summed E-state index contributed by atoms with van der Waals surface area (Å²) in [5.74, 6) is 1.28. The van der Waals surface area contributed by atoms with E-state index in [9.17, 15) is 9.59 Å². The minimum atomic E-state index is -0.488. The van der Waals surface area contributed by atoms with Crippen LogP contribution in [0.25, 0.3) is 0 Å². The van der Waals surface area contributed by atoms with E-state index in [0.29, 0.717) is 31.3 Å². The van der Waals surface area contributed by atoms with Gasteiger partial charge in [0.05, 0.1) is 13.7 Å². The number of nitrogens with zero attached hydrogens (tertiary/aromatic N) is 3. The van der Waals surface area contributed by atoms with Crippen LogP contribution in [0.5, 0.6) is 0 Å². The van der Waals surface area contributed by atoms with E-state index in [1.54, 1.807) is 4.90 Å². The highest BCUT2D eigenvalue weighted by molar-refractivity contribution is 5.81. The predicted octanol–water partition coefficient (Wildman–Crippen LogP) is 1.45. The first-order chi connectivity index (χ1) is 12.7. The van der Waals surface area contributed by atoms with Gasteiger partial charge in [0.1, 0.15) is 12.6 Å². The van der Waals surface area contributed by atoms with Gasteiger partial charge in [-0.15, -0.1) is 0 Å². The third-order valence-electron chi connectivity index (χ3n) is 4.66. The van der Waals surface area contributed by atoms with Gasteiger partial charge in [-0.05, 0) is 38.0 Å². The number of piperidine rings is 1. The molecule has 0 aromatic carbocycles. The summed E-state index contributed by atoms with van der Waals surface area (Å²) in [6.07, 6.45) is 5.76. The van der Waals surface area contributed by atoms with Crippen molar-refractivity contribution in [3.05, 3.63) is 11.7 Å². The van der Waals surface area contributed by atoms with Crippen molar-refractivity contribution in [1.29, 1.82) is 0 Å². The van der Waals surface area contributed by atoms with Crippen LogP contribution in [0.3, 0.4) is 0 Å². The van der Waals surface area contributed by atoms with Crippen molar-refractivity contribution >= 4 is 12.0 Å². The van der Waals surface area contributed by atoms with Crippen molar-refractivity contribution in [2.45, 2.75) is 44.6 Å². The summed E-state index contributed by atoms with van der Waals surface area (Å²) in [6.45, 7) is 1.80. The molecule has 2 amide bonds. The lowest BCUT2D eigenvalue weighted by atomic mass is 10.0. The maximum Gasteiger partial charge on any atom is 0.325 e. The number of methoxy groups -OCH3 is 1. The standard InChI is InChI=1S/C17H26N4O5/c1-24-15(22)10-18-17(23)21-8-3-2-4-13(21)16-19-14(20-26-16)7-9-25-11-12-5-6-12/h12-13H,2-11H2,1H3,(H,18,23). The fraction of sp³-hybridized carbons (Fsp3) is 0.765. The van der Waals surface area contributed by atoms with E-state index in [2.05, 4.69) is 20.2 Å². The molecular weight excluding hydrogens is 340 g/mol. The van der Waals surface area contributed by atoms with Crippen molar-refractivity contribution in [3.63, 3.8) is 0 Å². The zero-order chi connectivity index (χ0) is 18.4. The Morgan fingerprint density at radius 3 is 2.92 bits per heavy atom. The Bertz CT molecular complexity index is 616. The number of urea groups is 1. The molecular formula is C17H26N4O5. The lowest BCUT2D eigenvalue weighted by molar-refractivity contribution is -0.139. The molecule has 0 spiro atoms. The second-order valence-electron chi connectivity index (χ2n) is 6.76. The van der Waals surface area contributed by atoms with Crippen LogP contribution in [0, 0.1) is 5.92 Å². The van der Waals surface area contributed by atoms with Crippen molar-refractivity contribution < 1.29 is 23.6 Å². The first-order valence-electron chi connectivity index (χ1n) is 9.19. The molecule has 1 atom stereocenters. The third kappa shape index (κ3) is 5.17. The summed E-state index contributed by atoms with van der Waals surface area (Å²) in [7, 11) is 1.28. The summed E-state index contributed by atoms with van der Waals surface area (Å²) in [6, 6.07) is -0.595. The lowest BCUT2D eigenvalue weighted by Crippen LogP contribution is -2.46. The van der Waals surface area contributed by atoms with E-state index in [4.69, 9.17) is 9.26 Å². The number of amides is 2. The summed E-state index contributed by atoms with van der Waals surface area (Å²) >= 11 is 0. The first kappa shape index (κ1) is 18.6. The Morgan fingerprint density at radius 1 is 1.31 bits per heavy atom. The molecule has 1 saturated heterocycles. The second kappa shape index (κ2) is 8.98. The summed E-state index contributed by atoms with van der Waals surface area (Å²) in [4.78, 5) is 29.7. The molecule has 3 rings (SSSR count). The molecule has 0 radical (unpaired) electrons. The van der Waals surface area contributed by atoms with E-state index >= 15 is 0 Å². The van der Waals surface area contributed by atoms with E-state index in [0.717, 1.165) is 31.8 Å². The van der Waals surface area contributed by atoms with Gasteiger partial charge in [0.2, 0.25) is 5.89 Å². The van der Waals surface area contributed by atoms with Crippen molar-refractivity contribution in [2.75, 3.05) is 33.4 Å². The quantitative estimate of drug-likeness (QED) is 0.548. The van der Waals surface area contributed by atoms with Gasteiger partial charge in [-0.1, -0.05) is 5.16 Å². The average molecular weight is 366 g/mol.